The number of aromatic nitrogens is 4. The van der Waals surface area contributed by atoms with E-state index in [1.165, 1.54) is 5.52 Å². The summed E-state index contributed by atoms with van der Waals surface area (Å²) in [6.45, 7) is 7.77. The predicted octanol–water partition coefficient (Wildman–Crippen LogP) is 2.35. The van der Waals surface area contributed by atoms with Crippen molar-refractivity contribution in [2.24, 2.45) is 0 Å². The van der Waals surface area contributed by atoms with Gasteiger partial charge in [0.1, 0.15) is 11.6 Å². The van der Waals surface area contributed by atoms with E-state index in [4.69, 9.17) is 0 Å². The largest absolute Gasteiger partial charge is 0.334 e. The Hall–Kier alpha value is -2.14. The molecule has 110 valence electrons. The minimum absolute atomic E-state index is 0.798. The van der Waals surface area contributed by atoms with Crippen LogP contribution >= 0.6 is 0 Å². The average molecular weight is 283 g/mol. The fourth-order valence-corrected chi connectivity index (χ4v) is 2.66. The van der Waals surface area contributed by atoms with E-state index >= 15 is 0 Å². The summed E-state index contributed by atoms with van der Waals surface area (Å²) in [5.74, 6) is 2.15. The lowest BCUT2D eigenvalue weighted by molar-refractivity contribution is 0.567. The number of fused-ring (bicyclic) bond motifs is 1. The molecule has 21 heavy (non-hydrogen) atoms. The predicted molar refractivity (Wildman–Crippen MR) is 84.1 cm³/mol. The summed E-state index contributed by atoms with van der Waals surface area (Å²) < 4.78 is 4.42. The second kappa shape index (κ2) is 6.10. The van der Waals surface area contributed by atoms with E-state index in [0.717, 1.165) is 43.3 Å². The Morgan fingerprint density at radius 1 is 1.24 bits per heavy atom. The fraction of sp³-hybridized carbons (Fsp3) is 0.375. The van der Waals surface area contributed by atoms with Gasteiger partial charge in [0.2, 0.25) is 0 Å². The first-order chi connectivity index (χ1) is 10.3. The quantitative estimate of drug-likeness (QED) is 0.706. The maximum atomic E-state index is 4.59. The van der Waals surface area contributed by atoms with Crippen LogP contribution in [0.2, 0.25) is 0 Å². The van der Waals surface area contributed by atoms with Crippen LogP contribution in [0, 0.1) is 6.92 Å². The van der Waals surface area contributed by atoms with Gasteiger partial charge in [0, 0.05) is 32.0 Å². The lowest BCUT2D eigenvalue weighted by Gasteiger charge is -2.09. The second-order valence-electron chi connectivity index (χ2n) is 5.11. The molecule has 5 heteroatoms. The normalized spacial score (nSPS) is 11.3. The van der Waals surface area contributed by atoms with Gasteiger partial charge in [0.15, 0.2) is 0 Å². The van der Waals surface area contributed by atoms with Crippen LogP contribution in [-0.2, 0) is 19.6 Å². The first-order valence-electron chi connectivity index (χ1n) is 7.42. The molecular formula is C16H21N5. The first kappa shape index (κ1) is 13.8. The Morgan fingerprint density at radius 3 is 2.95 bits per heavy atom. The third kappa shape index (κ3) is 2.83. The second-order valence-corrected chi connectivity index (χ2v) is 5.11. The molecule has 0 radical (unpaired) electrons. The molecular weight excluding hydrogens is 262 g/mol. The van der Waals surface area contributed by atoms with Crippen LogP contribution in [0.15, 0.2) is 36.7 Å². The number of rotatable bonds is 6. The molecule has 0 unspecified atom stereocenters. The maximum absolute atomic E-state index is 4.59. The van der Waals surface area contributed by atoms with Crippen LogP contribution in [0.1, 0.15) is 18.6 Å². The molecule has 0 aliphatic carbocycles. The van der Waals surface area contributed by atoms with Crippen molar-refractivity contribution < 1.29 is 0 Å². The molecule has 0 fully saturated rings. The van der Waals surface area contributed by atoms with Gasteiger partial charge in [0.25, 0.3) is 0 Å². The van der Waals surface area contributed by atoms with E-state index in [0.29, 0.717) is 0 Å². The number of hydrogen-bond acceptors (Lipinski definition) is 3. The Morgan fingerprint density at radius 2 is 2.10 bits per heavy atom. The highest BCUT2D eigenvalue weighted by atomic mass is 15.1. The number of nitrogens with one attached hydrogen (secondary N) is 1. The van der Waals surface area contributed by atoms with Gasteiger partial charge in [0.05, 0.1) is 17.6 Å². The Balaban J connectivity index is 1.61. The Bertz CT molecular complexity index is 725. The molecule has 1 N–H and O–H groups in total. The highest BCUT2D eigenvalue weighted by Gasteiger charge is 2.06. The molecule has 0 bridgehead atoms. The summed E-state index contributed by atoms with van der Waals surface area (Å²) in [6, 6.07) is 8.27. The van der Waals surface area contributed by atoms with E-state index in [2.05, 4.69) is 56.5 Å². The van der Waals surface area contributed by atoms with Gasteiger partial charge in [-0.3, -0.25) is 0 Å². The molecule has 0 aliphatic rings. The standard InChI is InChI=1S/C16H21N5/c1-3-20-10-9-18-16(20)12-17-8-11-21-13(2)19-14-6-4-5-7-15(14)21/h4-7,9-10,17H,3,8,11-12H2,1-2H3. The molecule has 0 spiro atoms. The van der Waals surface area contributed by atoms with Crippen molar-refractivity contribution in [1.29, 1.82) is 0 Å². The van der Waals surface area contributed by atoms with Crippen molar-refractivity contribution in [3.05, 3.63) is 48.3 Å². The van der Waals surface area contributed by atoms with Crippen LogP contribution in [0.3, 0.4) is 0 Å². The summed E-state index contributed by atoms with van der Waals surface area (Å²) in [4.78, 5) is 8.96. The number of benzene rings is 1. The molecule has 0 atom stereocenters. The van der Waals surface area contributed by atoms with Gasteiger partial charge in [-0.05, 0) is 26.0 Å². The number of nitrogens with zero attached hydrogens (tertiary/aromatic N) is 4. The minimum Gasteiger partial charge on any atom is -0.334 e. The molecule has 0 saturated carbocycles. The van der Waals surface area contributed by atoms with Crippen molar-refractivity contribution >= 4 is 11.0 Å². The van der Waals surface area contributed by atoms with E-state index in [1.807, 2.05) is 18.5 Å². The smallest absolute Gasteiger partial charge is 0.122 e. The van der Waals surface area contributed by atoms with Crippen LogP contribution in [0.4, 0.5) is 0 Å². The SMILES string of the molecule is CCn1ccnc1CNCCn1c(C)nc2ccccc21. The molecule has 2 heterocycles. The number of para-hydroxylation sites is 2. The molecule has 0 aliphatic heterocycles. The van der Waals surface area contributed by atoms with Gasteiger partial charge in [-0.15, -0.1) is 0 Å². The molecule has 0 amide bonds. The third-order valence-corrected chi connectivity index (χ3v) is 3.78. The van der Waals surface area contributed by atoms with Crippen molar-refractivity contribution in [3.8, 4) is 0 Å². The highest BCUT2D eigenvalue weighted by molar-refractivity contribution is 5.75. The molecule has 5 nitrogen and oxygen atoms in total. The maximum Gasteiger partial charge on any atom is 0.122 e. The van der Waals surface area contributed by atoms with Crippen LogP contribution in [0.5, 0.6) is 0 Å². The summed E-state index contributed by atoms with van der Waals surface area (Å²) in [7, 11) is 0. The van der Waals surface area contributed by atoms with E-state index in [-0.39, 0.29) is 0 Å². The summed E-state index contributed by atoms with van der Waals surface area (Å²) in [5.41, 5.74) is 2.27. The lowest BCUT2D eigenvalue weighted by atomic mass is 10.3. The van der Waals surface area contributed by atoms with Crippen molar-refractivity contribution in [2.45, 2.75) is 33.5 Å². The minimum atomic E-state index is 0.798. The van der Waals surface area contributed by atoms with Gasteiger partial charge in [-0.25, -0.2) is 9.97 Å². The van der Waals surface area contributed by atoms with E-state index in [1.54, 1.807) is 0 Å². The van der Waals surface area contributed by atoms with Crippen molar-refractivity contribution in [1.82, 2.24) is 24.4 Å². The summed E-state index contributed by atoms with van der Waals surface area (Å²) in [5, 5.41) is 3.46. The molecule has 0 saturated heterocycles. The van der Waals surface area contributed by atoms with Gasteiger partial charge in [-0.2, -0.15) is 0 Å². The highest BCUT2D eigenvalue weighted by Crippen LogP contribution is 2.14. The zero-order valence-electron chi connectivity index (χ0n) is 12.6. The Kier molecular flexibility index (Phi) is 4.01. The topological polar surface area (TPSA) is 47.7 Å². The summed E-state index contributed by atoms with van der Waals surface area (Å²) in [6.07, 6.45) is 3.87. The van der Waals surface area contributed by atoms with Crippen molar-refractivity contribution in [3.63, 3.8) is 0 Å². The number of aryl methyl sites for hydroxylation is 2. The zero-order valence-corrected chi connectivity index (χ0v) is 12.6. The van der Waals surface area contributed by atoms with Crippen LogP contribution < -0.4 is 5.32 Å². The zero-order chi connectivity index (χ0) is 14.7. The number of imidazole rings is 2. The lowest BCUT2D eigenvalue weighted by Crippen LogP contribution is -2.22. The Labute approximate surface area is 124 Å². The van der Waals surface area contributed by atoms with E-state index < -0.39 is 0 Å². The third-order valence-electron chi connectivity index (χ3n) is 3.78. The molecule has 3 rings (SSSR count). The van der Waals surface area contributed by atoms with E-state index in [9.17, 15) is 0 Å². The monoisotopic (exact) mass is 283 g/mol. The van der Waals surface area contributed by atoms with Crippen LogP contribution in [0.25, 0.3) is 11.0 Å². The molecule has 1 aromatic carbocycles. The van der Waals surface area contributed by atoms with Gasteiger partial charge >= 0.3 is 0 Å². The molecule has 2 aromatic heterocycles. The molecule has 3 aromatic rings. The van der Waals surface area contributed by atoms with Crippen molar-refractivity contribution in [2.75, 3.05) is 6.54 Å². The van der Waals surface area contributed by atoms with Gasteiger partial charge in [-0.1, -0.05) is 12.1 Å². The summed E-state index contributed by atoms with van der Waals surface area (Å²) >= 11 is 0. The average Bonchev–Trinajstić information content (AvgIpc) is 3.07. The number of hydrogen-bond donors (Lipinski definition) is 1. The fourth-order valence-electron chi connectivity index (χ4n) is 2.66. The van der Waals surface area contributed by atoms with Crippen LogP contribution in [-0.4, -0.2) is 25.6 Å². The van der Waals surface area contributed by atoms with Gasteiger partial charge < -0.3 is 14.5 Å². The first-order valence-corrected chi connectivity index (χ1v) is 7.42.